The maximum Gasteiger partial charge on any atom is 0.00368 e. The van der Waals surface area contributed by atoms with E-state index >= 15 is 0 Å². The maximum absolute atomic E-state index is 4.23. The van der Waals surface area contributed by atoms with Crippen molar-refractivity contribution in [3.05, 3.63) is 113 Å². The van der Waals surface area contributed by atoms with Crippen molar-refractivity contribution in [1.82, 2.24) is 0 Å². The fraction of sp³-hybridized carbons (Fsp3) is 0.848. The Bertz CT molecular complexity index is 4100. The fourth-order valence-electron chi connectivity index (χ4n) is 38.6. The molecule has 0 radical (unpaired) electrons. The van der Waals surface area contributed by atoms with Gasteiger partial charge in [-0.15, -0.1) is 0 Å². The van der Waals surface area contributed by atoms with E-state index in [2.05, 4.69) is 438 Å². The Morgan fingerprint density at radius 1 is 0.279 bits per heavy atom. The summed E-state index contributed by atoms with van der Waals surface area (Å²) in [5.41, 5.74) is 7.60. The molecule has 140 heavy (non-hydrogen) atoms. The van der Waals surface area contributed by atoms with Crippen molar-refractivity contribution in [3.8, 4) is 0 Å². The van der Waals surface area contributed by atoms with Gasteiger partial charge in [0.2, 0.25) is 0 Å². The van der Waals surface area contributed by atoms with Gasteiger partial charge in [-0.2, -0.15) is 0 Å². The van der Waals surface area contributed by atoms with Crippen LogP contribution >= 0.6 is 63.4 Å². The second-order valence-corrected chi connectivity index (χ2v) is 98.2. The van der Waals surface area contributed by atoms with Gasteiger partial charge in [-0.25, -0.2) is 0 Å². The highest BCUT2D eigenvalue weighted by molar-refractivity contribution is 7.65. The van der Waals surface area contributed by atoms with Crippen LogP contribution in [0.25, 0.3) is 6.08 Å². The molecule has 12 aliphatic rings. The van der Waals surface area contributed by atoms with E-state index in [1.807, 2.05) is 0 Å². The Labute approximate surface area is 888 Å². The Kier molecular flexibility index (Phi) is 42.8. The molecule has 2 aromatic rings. The molecule has 11 fully saturated rings. The van der Waals surface area contributed by atoms with Gasteiger partial charge in [-0.1, -0.05) is 588 Å². The van der Waals surface area contributed by atoms with Crippen molar-refractivity contribution in [2.24, 2.45) is 11.8 Å². The van der Waals surface area contributed by atoms with Crippen LogP contribution in [0.15, 0.2) is 102 Å². The van der Waals surface area contributed by atoms with Crippen LogP contribution in [0.2, 0.25) is 0 Å². The minimum atomic E-state index is -0.0414. The molecule has 2 aromatic carbocycles. The molecule has 0 aromatic heterocycles. The molecule has 0 amide bonds. The van der Waals surface area contributed by atoms with Crippen molar-refractivity contribution >= 4 is 69.4 Å². The summed E-state index contributed by atoms with van der Waals surface area (Å²) in [5.74, 6) is 1.73. The Morgan fingerprint density at radius 2 is 0.521 bits per heavy atom. The third kappa shape index (κ3) is 33.0. The zero-order chi connectivity index (χ0) is 107. The highest BCUT2D eigenvalue weighted by Gasteiger charge is 2.62. The second kappa shape index (κ2) is 46.9. The molecule has 8 heterocycles. The molecule has 8 heteroatoms. The number of allylic oxidation sites excluding steroid dienone is 6. The molecule has 0 bridgehead atoms. The van der Waals surface area contributed by atoms with Crippen molar-refractivity contribution in [2.75, 3.05) is 0 Å². The fourth-order valence-corrected chi connectivity index (χ4v) is 87.0. The summed E-state index contributed by atoms with van der Waals surface area (Å²) in [4.78, 5) is 0. The van der Waals surface area contributed by atoms with E-state index in [1.54, 1.807) is 101 Å². The quantitative estimate of drug-likeness (QED) is 0.212. The first-order chi connectivity index (χ1) is 63.0. The van der Waals surface area contributed by atoms with Gasteiger partial charge < -0.3 is 0 Å². The number of hydrogen-bond donors (Lipinski definition) is 0. The van der Waals surface area contributed by atoms with Gasteiger partial charge in [0.05, 0.1) is 0 Å². The Balaban J connectivity index is 0.000000218. The molecule has 4 spiro atoms. The first kappa shape index (κ1) is 128. The molecular formula is C132H240P8. The largest absolute Gasteiger partial charge is 0.0998 e. The summed E-state index contributed by atoms with van der Waals surface area (Å²) >= 11 is 0. The summed E-state index contributed by atoms with van der Waals surface area (Å²) < 4.78 is 0. The Hall–Kier alpha value is 0.840. The van der Waals surface area contributed by atoms with Gasteiger partial charge in [0.15, 0.2) is 0 Å². The van der Waals surface area contributed by atoms with Crippen LogP contribution in [-0.4, -0.2) is 124 Å². The van der Waals surface area contributed by atoms with Gasteiger partial charge in [0.1, 0.15) is 0 Å². The van der Waals surface area contributed by atoms with Crippen LogP contribution in [0.1, 0.15) is 582 Å². The zero-order valence-corrected chi connectivity index (χ0v) is 111. The van der Waals surface area contributed by atoms with Crippen molar-refractivity contribution < 1.29 is 0 Å². The van der Waals surface area contributed by atoms with E-state index in [4.69, 9.17) is 0 Å². The molecule has 7 saturated heterocycles. The SMILES string of the molecule is C=C1CC(C)(C)P(C(C)(C)C)C(C)(C)C1.CC(C)(C)P1C(C)(C)C=CCC1(C)C.CC(C)(C)P1C(C)(C)CC(=Cc2ccccc2)CC1(C)C.CC(C)(C)P1C(C)(C)CC(Cc2ccccc2)CC1(C)C.CC(C)(C)P1C2(CCCC2)CCCC12CCCC2.CC(C)(C)P1C2(CCCCC2)CCCC12CCCCC2.CC1CC(C)(C)P(C(C)(C)C)C(C)(C)C1.CC=C1CC(C)(C)P(C(C)(C)C)C(C)(C)C1. The predicted molar refractivity (Wildman–Crippen MR) is 664 cm³/mol. The summed E-state index contributed by atoms with van der Waals surface area (Å²) in [7, 11) is 0.486. The lowest BCUT2D eigenvalue weighted by Gasteiger charge is -2.63. The summed E-state index contributed by atoms with van der Waals surface area (Å²) in [5, 5.41) is 12.7. The molecule has 0 nitrogen and oxygen atoms in total. The molecule has 1 unspecified atom stereocenters. The first-order valence-electron chi connectivity index (χ1n) is 58.2. The monoisotopic (exact) mass is 2070 g/mol. The average molecular weight is 2080 g/mol. The molecule has 0 N–H and O–H groups in total. The van der Waals surface area contributed by atoms with Gasteiger partial charge in [-0.3, -0.25) is 0 Å². The van der Waals surface area contributed by atoms with E-state index in [0.717, 1.165) is 32.5 Å². The molecule has 8 aliphatic heterocycles. The standard InChI is InChI=1S/C20H33P.C20H31P.C19H35P.C17H31P.C15H29P.C14H29P.C14H27P.C13H25P/c2*1-18(2,3)21-19(4,5)14-17(15-20(21,6)7)13-16-11-9-8-10-12-16;1-17(2,3)20-18(11-6-4-7-12-18)15-10-16-19(20)13-8-5-9-14-19;1-15(2,3)18-16(9-4-5-10-16)13-8-14-17(18)11-6-7-12-17;1-9-12-10-14(5,6)16(13(2,3)4)15(7,8)11-12;2*1-11-9-13(5,6)15(12(2,3)4)14(7,8)10-11;1-11(2,3)14-12(4,5)9-8-10-13(14,6)7/h8-12,17H,13-15H2,1-7H3;8-13H,14-15H2,1-7H3;4-16H2,1-3H3;4-14H2,1-3H3;9H,10-11H2,1-8H3;11H,9-10H2,1-8H3;1,9-10H2,2-8H3;8-9H,10H2,1-7H3. The topological polar surface area (TPSA) is 0 Å². The highest BCUT2D eigenvalue weighted by atomic mass is 31.1. The molecule has 808 valence electrons. The normalized spacial score (nSPS) is 29.4. The number of benzene rings is 2. The molecule has 4 aliphatic carbocycles. The lowest BCUT2D eigenvalue weighted by atomic mass is 9.79. The zero-order valence-electron chi connectivity index (χ0n) is 103. The molecule has 14 rings (SSSR count). The van der Waals surface area contributed by atoms with Crippen molar-refractivity contribution in [3.63, 3.8) is 0 Å². The van der Waals surface area contributed by atoms with E-state index in [9.17, 15) is 0 Å². The number of hydrogen-bond acceptors (Lipinski definition) is 0. The van der Waals surface area contributed by atoms with E-state index in [0.29, 0.717) is 103 Å². The van der Waals surface area contributed by atoms with Crippen molar-refractivity contribution in [1.29, 1.82) is 0 Å². The van der Waals surface area contributed by atoms with Gasteiger partial charge >= 0.3 is 0 Å². The summed E-state index contributed by atoms with van der Waals surface area (Å²) in [6.07, 6.45) is 62.6. The molecular weight excluding hydrogens is 1830 g/mol. The first-order valence-corrected chi connectivity index (χ1v) is 69.0. The van der Waals surface area contributed by atoms with Gasteiger partial charge in [0.25, 0.3) is 0 Å². The minimum Gasteiger partial charge on any atom is -0.0998 e. The van der Waals surface area contributed by atoms with E-state index in [-0.39, 0.29) is 63.4 Å². The van der Waals surface area contributed by atoms with Gasteiger partial charge in [0, 0.05) is 5.16 Å². The summed E-state index contributed by atoms with van der Waals surface area (Å²) in [6, 6.07) is 21.9. The Morgan fingerprint density at radius 3 is 0.786 bits per heavy atom. The lowest BCUT2D eigenvalue weighted by molar-refractivity contribution is 0.277. The van der Waals surface area contributed by atoms with Gasteiger partial charge in [-0.05, 0) is 303 Å². The predicted octanol–water partition coefficient (Wildman–Crippen LogP) is 46.9. The second-order valence-electron chi connectivity index (χ2n) is 63.8. The van der Waals surface area contributed by atoms with Crippen LogP contribution < -0.4 is 0 Å². The smallest absolute Gasteiger partial charge is 0.00368 e. The molecule has 4 saturated carbocycles. The van der Waals surface area contributed by atoms with Crippen LogP contribution in [-0.2, 0) is 6.42 Å². The minimum absolute atomic E-state index is 0.000546. The molecule has 1 atom stereocenters. The average Bonchev–Trinajstić information content (AvgIpc) is 1.59. The third-order valence-electron chi connectivity index (χ3n) is 35.1. The van der Waals surface area contributed by atoms with E-state index in [1.165, 1.54) is 158 Å². The van der Waals surface area contributed by atoms with Crippen molar-refractivity contribution in [2.45, 2.75) is 701 Å². The lowest BCUT2D eigenvalue weighted by Crippen LogP contribution is -2.49. The van der Waals surface area contributed by atoms with Crippen LogP contribution in [0, 0.1) is 11.8 Å². The van der Waals surface area contributed by atoms with E-state index < -0.39 is 0 Å². The summed E-state index contributed by atoms with van der Waals surface area (Å²) in [6.45, 7) is 128. The number of rotatable bonds is 3. The van der Waals surface area contributed by atoms with Crippen LogP contribution in [0.3, 0.4) is 0 Å². The third-order valence-corrected chi connectivity index (χ3v) is 68.8. The van der Waals surface area contributed by atoms with Crippen LogP contribution in [0.5, 0.6) is 0 Å². The van der Waals surface area contributed by atoms with Crippen LogP contribution in [0.4, 0.5) is 0 Å². The maximum atomic E-state index is 4.23. The highest BCUT2D eigenvalue weighted by Crippen LogP contribution is 2.83.